The molecule has 0 unspecified atom stereocenters. The first-order valence-electron chi connectivity index (χ1n) is 4.36. The molecule has 0 bridgehead atoms. The van der Waals surface area contributed by atoms with Crippen LogP contribution in [0.4, 0.5) is 13.2 Å². The summed E-state index contributed by atoms with van der Waals surface area (Å²) in [5.41, 5.74) is 0. The van der Waals surface area contributed by atoms with E-state index in [9.17, 15) is 13.2 Å². The van der Waals surface area contributed by atoms with Crippen molar-refractivity contribution >= 4 is 11.3 Å². The summed E-state index contributed by atoms with van der Waals surface area (Å²) in [6.07, 6.45) is -3.19. The number of nitrogens with one attached hydrogen (secondary N) is 1. The summed E-state index contributed by atoms with van der Waals surface area (Å²) >= 11 is 1.55. The summed E-state index contributed by atoms with van der Waals surface area (Å²) in [4.78, 5) is 2.15. The third-order valence-corrected chi connectivity index (χ3v) is 2.92. The van der Waals surface area contributed by atoms with E-state index in [1.54, 1.807) is 11.3 Å². The molecule has 0 radical (unpaired) electrons. The standard InChI is InChI=1S/C9H12F3NS/c1-2-7-3-4-8(14-7)5-13-6-9(10,11)12/h3-4,13H,2,5-6H2,1H3. The molecule has 0 fully saturated rings. The molecule has 1 aromatic rings. The second kappa shape index (κ2) is 4.79. The maximum atomic E-state index is 11.8. The van der Waals surface area contributed by atoms with Crippen LogP contribution in [0, 0.1) is 0 Å². The molecule has 0 spiro atoms. The zero-order valence-corrected chi connectivity index (χ0v) is 8.63. The lowest BCUT2D eigenvalue weighted by atomic mass is 10.3. The van der Waals surface area contributed by atoms with Crippen LogP contribution in [-0.2, 0) is 13.0 Å². The molecule has 0 aliphatic heterocycles. The smallest absolute Gasteiger partial charge is 0.304 e. The van der Waals surface area contributed by atoms with Crippen LogP contribution in [-0.4, -0.2) is 12.7 Å². The van der Waals surface area contributed by atoms with Gasteiger partial charge >= 0.3 is 6.18 Å². The highest BCUT2D eigenvalue weighted by molar-refractivity contribution is 7.11. The topological polar surface area (TPSA) is 12.0 Å². The Bertz CT molecular complexity index is 280. The highest BCUT2D eigenvalue weighted by Crippen LogP contribution is 2.17. The highest BCUT2D eigenvalue weighted by atomic mass is 32.1. The molecule has 0 saturated heterocycles. The van der Waals surface area contributed by atoms with Gasteiger partial charge in [-0.25, -0.2) is 0 Å². The molecule has 0 amide bonds. The molecule has 5 heteroatoms. The van der Waals surface area contributed by atoms with E-state index in [4.69, 9.17) is 0 Å². The zero-order chi connectivity index (χ0) is 10.6. The van der Waals surface area contributed by atoms with Crippen LogP contribution in [0.25, 0.3) is 0 Å². The van der Waals surface area contributed by atoms with E-state index in [2.05, 4.69) is 5.32 Å². The molecule has 0 aromatic carbocycles. The molecule has 0 atom stereocenters. The Labute approximate surface area is 84.9 Å². The Morgan fingerprint density at radius 1 is 1.29 bits per heavy atom. The number of thiophene rings is 1. The van der Waals surface area contributed by atoms with E-state index in [0.717, 1.165) is 11.3 Å². The predicted octanol–water partition coefficient (Wildman–Crippen LogP) is 2.96. The van der Waals surface area contributed by atoms with Crippen LogP contribution in [0.5, 0.6) is 0 Å². The number of alkyl halides is 3. The van der Waals surface area contributed by atoms with Gasteiger partial charge in [0.2, 0.25) is 0 Å². The van der Waals surface area contributed by atoms with E-state index in [0.29, 0.717) is 6.54 Å². The van der Waals surface area contributed by atoms with Crippen molar-refractivity contribution < 1.29 is 13.2 Å². The normalized spacial score (nSPS) is 12.0. The van der Waals surface area contributed by atoms with E-state index < -0.39 is 12.7 Å². The van der Waals surface area contributed by atoms with Crippen molar-refractivity contribution in [2.75, 3.05) is 6.54 Å². The Morgan fingerprint density at radius 2 is 1.93 bits per heavy atom. The van der Waals surface area contributed by atoms with Crippen LogP contribution >= 0.6 is 11.3 Å². The van der Waals surface area contributed by atoms with Gasteiger partial charge in [0.05, 0.1) is 6.54 Å². The van der Waals surface area contributed by atoms with Crippen LogP contribution in [0.2, 0.25) is 0 Å². The van der Waals surface area contributed by atoms with Crippen molar-refractivity contribution in [2.24, 2.45) is 0 Å². The molecule has 0 saturated carbocycles. The Balaban J connectivity index is 2.31. The van der Waals surface area contributed by atoms with Crippen LogP contribution in [0.15, 0.2) is 12.1 Å². The monoisotopic (exact) mass is 223 g/mol. The van der Waals surface area contributed by atoms with E-state index in [1.807, 2.05) is 19.1 Å². The lowest BCUT2D eigenvalue weighted by molar-refractivity contribution is -0.125. The average Bonchev–Trinajstić information content (AvgIpc) is 2.50. The molecule has 0 aliphatic carbocycles. The van der Waals surface area contributed by atoms with Gasteiger partial charge in [-0.15, -0.1) is 11.3 Å². The van der Waals surface area contributed by atoms with Gasteiger partial charge < -0.3 is 5.32 Å². The minimum atomic E-state index is -4.12. The second-order valence-corrected chi connectivity index (χ2v) is 4.19. The number of halogens is 3. The van der Waals surface area contributed by atoms with Crippen molar-refractivity contribution in [1.29, 1.82) is 0 Å². The van der Waals surface area contributed by atoms with Gasteiger partial charge in [-0.2, -0.15) is 13.2 Å². The molecule has 1 N–H and O–H groups in total. The molecule has 1 heterocycles. The molecular formula is C9H12F3NS. The average molecular weight is 223 g/mol. The second-order valence-electron chi connectivity index (χ2n) is 2.94. The summed E-state index contributed by atoms with van der Waals surface area (Å²) in [6.45, 7) is 1.40. The maximum absolute atomic E-state index is 11.8. The van der Waals surface area contributed by atoms with Crippen molar-refractivity contribution in [3.8, 4) is 0 Å². The van der Waals surface area contributed by atoms with Gasteiger partial charge in [-0.3, -0.25) is 0 Å². The van der Waals surface area contributed by atoms with Gasteiger partial charge in [0.1, 0.15) is 0 Å². The van der Waals surface area contributed by atoms with Gasteiger partial charge in [0.15, 0.2) is 0 Å². The van der Waals surface area contributed by atoms with Crippen molar-refractivity contribution in [2.45, 2.75) is 26.1 Å². The first-order chi connectivity index (χ1) is 6.51. The van der Waals surface area contributed by atoms with Crippen molar-refractivity contribution in [3.05, 3.63) is 21.9 Å². The van der Waals surface area contributed by atoms with Crippen LogP contribution < -0.4 is 5.32 Å². The third-order valence-electron chi connectivity index (χ3n) is 1.69. The summed E-state index contributed by atoms with van der Waals surface area (Å²) in [5, 5.41) is 2.36. The third kappa shape index (κ3) is 4.11. The molecule has 1 aromatic heterocycles. The Morgan fingerprint density at radius 3 is 2.43 bits per heavy atom. The fourth-order valence-electron chi connectivity index (χ4n) is 1.03. The minimum Gasteiger partial charge on any atom is -0.304 e. The summed E-state index contributed by atoms with van der Waals surface area (Å²) in [5.74, 6) is 0. The van der Waals surface area contributed by atoms with Crippen LogP contribution in [0.3, 0.4) is 0 Å². The first-order valence-corrected chi connectivity index (χ1v) is 5.18. The minimum absolute atomic E-state index is 0.296. The van der Waals surface area contributed by atoms with Crippen molar-refractivity contribution in [1.82, 2.24) is 5.32 Å². The quantitative estimate of drug-likeness (QED) is 0.827. The fourth-order valence-corrected chi connectivity index (χ4v) is 1.96. The molecule has 0 aliphatic rings. The molecule has 80 valence electrons. The molecule has 1 nitrogen and oxygen atoms in total. The SMILES string of the molecule is CCc1ccc(CNCC(F)(F)F)s1. The summed E-state index contributed by atoms with van der Waals surface area (Å²) < 4.78 is 35.3. The zero-order valence-electron chi connectivity index (χ0n) is 7.82. The summed E-state index contributed by atoms with van der Waals surface area (Å²) in [7, 11) is 0. The number of rotatable bonds is 4. The molecule has 14 heavy (non-hydrogen) atoms. The predicted molar refractivity (Wildman–Crippen MR) is 51.5 cm³/mol. The Kier molecular flexibility index (Phi) is 3.95. The van der Waals surface area contributed by atoms with Crippen molar-refractivity contribution in [3.63, 3.8) is 0 Å². The van der Waals surface area contributed by atoms with E-state index in [1.165, 1.54) is 4.88 Å². The first kappa shape index (κ1) is 11.5. The van der Waals surface area contributed by atoms with E-state index >= 15 is 0 Å². The number of aryl methyl sites for hydroxylation is 1. The molecular weight excluding hydrogens is 211 g/mol. The maximum Gasteiger partial charge on any atom is 0.401 e. The Hall–Kier alpha value is -0.550. The lowest BCUT2D eigenvalue weighted by Crippen LogP contribution is -2.27. The number of hydrogen-bond donors (Lipinski definition) is 1. The number of hydrogen-bond acceptors (Lipinski definition) is 2. The van der Waals surface area contributed by atoms with Gasteiger partial charge in [-0.1, -0.05) is 6.92 Å². The van der Waals surface area contributed by atoms with Gasteiger partial charge in [0.25, 0.3) is 0 Å². The molecule has 1 rings (SSSR count). The summed E-state index contributed by atoms with van der Waals surface area (Å²) in [6, 6.07) is 3.82. The van der Waals surface area contributed by atoms with Gasteiger partial charge in [0, 0.05) is 16.3 Å². The largest absolute Gasteiger partial charge is 0.401 e. The lowest BCUT2D eigenvalue weighted by Gasteiger charge is -2.06. The highest BCUT2D eigenvalue weighted by Gasteiger charge is 2.26. The fraction of sp³-hybridized carbons (Fsp3) is 0.556. The van der Waals surface area contributed by atoms with Gasteiger partial charge in [-0.05, 0) is 18.6 Å². The van der Waals surface area contributed by atoms with Crippen LogP contribution in [0.1, 0.15) is 16.7 Å². The van der Waals surface area contributed by atoms with E-state index in [-0.39, 0.29) is 0 Å².